The number of nitrogens with two attached hydrogens (primary N) is 1. The lowest BCUT2D eigenvalue weighted by Crippen LogP contribution is -2.09. The van der Waals surface area contributed by atoms with E-state index in [1.165, 1.54) is 12.1 Å². The molecule has 3 nitrogen and oxygen atoms in total. The summed E-state index contributed by atoms with van der Waals surface area (Å²) >= 11 is 0. The lowest BCUT2D eigenvalue weighted by Gasteiger charge is -2.08. The fourth-order valence-electron chi connectivity index (χ4n) is 0.933. The van der Waals surface area contributed by atoms with Crippen molar-refractivity contribution in [3.8, 4) is 5.75 Å². The summed E-state index contributed by atoms with van der Waals surface area (Å²) in [6, 6.07) is 4.52. The molecule has 0 bridgehead atoms. The molecule has 0 aromatic heterocycles. The number of halogens is 2. The van der Waals surface area contributed by atoms with Crippen molar-refractivity contribution in [2.24, 2.45) is 5.84 Å². The largest absolute Gasteiger partial charge is 0.435 e. The van der Waals surface area contributed by atoms with Crippen LogP contribution >= 0.6 is 0 Å². The van der Waals surface area contributed by atoms with Crippen molar-refractivity contribution in [3.63, 3.8) is 0 Å². The molecule has 0 aliphatic heterocycles. The van der Waals surface area contributed by atoms with Crippen molar-refractivity contribution in [1.29, 1.82) is 0 Å². The van der Waals surface area contributed by atoms with E-state index in [0.29, 0.717) is 5.69 Å². The van der Waals surface area contributed by atoms with Crippen molar-refractivity contribution in [2.45, 2.75) is 13.5 Å². The third-order valence-corrected chi connectivity index (χ3v) is 1.59. The van der Waals surface area contributed by atoms with Crippen LogP contribution in [-0.2, 0) is 0 Å². The molecule has 1 aromatic rings. The van der Waals surface area contributed by atoms with Crippen molar-refractivity contribution < 1.29 is 13.5 Å². The molecular formula is C8H10F2N2O. The summed E-state index contributed by atoms with van der Waals surface area (Å²) in [5, 5.41) is 0. The van der Waals surface area contributed by atoms with Crippen molar-refractivity contribution in [1.82, 2.24) is 0 Å². The van der Waals surface area contributed by atoms with Crippen LogP contribution < -0.4 is 16.0 Å². The molecule has 0 heterocycles. The Morgan fingerprint density at radius 2 is 2.15 bits per heavy atom. The van der Waals surface area contributed by atoms with Gasteiger partial charge in [0.25, 0.3) is 0 Å². The Morgan fingerprint density at radius 1 is 1.46 bits per heavy atom. The molecule has 0 amide bonds. The molecule has 0 radical (unpaired) electrons. The van der Waals surface area contributed by atoms with Gasteiger partial charge in [0, 0.05) is 6.07 Å². The Labute approximate surface area is 74.5 Å². The Kier molecular flexibility index (Phi) is 3.02. The molecule has 0 aliphatic carbocycles. The van der Waals surface area contributed by atoms with Crippen LogP contribution in [0.3, 0.4) is 0 Å². The summed E-state index contributed by atoms with van der Waals surface area (Å²) in [6.45, 7) is -1.00. The number of hydrogen-bond acceptors (Lipinski definition) is 3. The van der Waals surface area contributed by atoms with Crippen LogP contribution in [0.15, 0.2) is 18.2 Å². The maximum atomic E-state index is 11.8. The third-order valence-electron chi connectivity index (χ3n) is 1.59. The van der Waals surface area contributed by atoms with Gasteiger partial charge in [0.15, 0.2) is 0 Å². The van der Waals surface area contributed by atoms with Crippen molar-refractivity contribution in [2.75, 3.05) is 5.43 Å². The molecule has 0 saturated carbocycles. The fraction of sp³-hybridized carbons (Fsp3) is 0.250. The molecule has 1 aromatic carbocycles. The van der Waals surface area contributed by atoms with Gasteiger partial charge in [0.2, 0.25) is 0 Å². The number of aryl methyl sites for hydroxylation is 1. The van der Waals surface area contributed by atoms with E-state index >= 15 is 0 Å². The molecule has 0 atom stereocenters. The first-order chi connectivity index (χ1) is 6.13. The molecule has 0 fully saturated rings. The highest BCUT2D eigenvalue weighted by Gasteiger charge is 2.05. The monoisotopic (exact) mass is 188 g/mol. The number of benzene rings is 1. The number of rotatable bonds is 3. The summed E-state index contributed by atoms with van der Waals surface area (Å²) < 4.78 is 27.7. The highest BCUT2D eigenvalue weighted by Crippen LogP contribution is 2.22. The normalized spacial score (nSPS) is 10.2. The van der Waals surface area contributed by atoms with E-state index < -0.39 is 6.61 Å². The minimum absolute atomic E-state index is 0.0913. The van der Waals surface area contributed by atoms with E-state index in [-0.39, 0.29) is 5.75 Å². The number of nitrogens with one attached hydrogen (secondary N) is 1. The van der Waals surface area contributed by atoms with E-state index in [1.54, 1.807) is 13.0 Å². The maximum Gasteiger partial charge on any atom is 0.387 e. The van der Waals surface area contributed by atoms with Gasteiger partial charge in [-0.1, -0.05) is 6.07 Å². The zero-order valence-corrected chi connectivity index (χ0v) is 7.05. The quantitative estimate of drug-likeness (QED) is 0.562. The topological polar surface area (TPSA) is 47.3 Å². The first kappa shape index (κ1) is 9.73. The molecule has 72 valence electrons. The number of hydrogen-bond donors (Lipinski definition) is 2. The third kappa shape index (κ3) is 2.55. The Bertz CT molecular complexity index is 291. The zero-order chi connectivity index (χ0) is 9.84. The van der Waals surface area contributed by atoms with E-state index in [4.69, 9.17) is 5.84 Å². The Hall–Kier alpha value is -1.36. The van der Waals surface area contributed by atoms with Gasteiger partial charge in [0.05, 0.1) is 5.69 Å². The highest BCUT2D eigenvalue weighted by molar-refractivity contribution is 5.53. The molecule has 0 spiro atoms. The van der Waals surface area contributed by atoms with Crippen LogP contribution in [0.4, 0.5) is 14.5 Å². The molecule has 3 N–H and O–H groups in total. The second-order valence-electron chi connectivity index (χ2n) is 2.50. The summed E-state index contributed by atoms with van der Waals surface area (Å²) in [5.41, 5.74) is 3.82. The lowest BCUT2D eigenvalue weighted by molar-refractivity contribution is -0.0498. The van der Waals surface area contributed by atoms with E-state index in [1.807, 2.05) is 0 Å². The number of anilines is 1. The van der Waals surface area contributed by atoms with Crippen LogP contribution in [-0.4, -0.2) is 6.61 Å². The first-order valence-corrected chi connectivity index (χ1v) is 3.65. The number of ether oxygens (including phenoxy) is 1. The number of alkyl halides is 2. The van der Waals surface area contributed by atoms with Crippen LogP contribution in [0.2, 0.25) is 0 Å². The van der Waals surface area contributed by atoms with Gasteiger partial charge < -0.3 is 10.2 Å². The number of hydrazine groups is 1. The zero-order valence-electron chi connectivity index (χ0n) is 7.05. The molecule has 0 saturated heterocycles. The van der Waals surface area contributed by atoms with Gasteiger partial charge in [-0.15, -0.1) is 0 Å². The SMILES string of the molecule is Cc1ccc(OC(F)F)cc1NN. The van der Waals surface area contributed by atoms with Crippen LogP contribution in [0.25, 0.3) is 0 Å². The first-order valence-electron chi connectivity index (χ1n) is 3.65. The average Bonchev–Trinajstić information content (AvgIpc) is 2.07. The smallest absolute Gasteiger partial charge is 0.387 e. The summed E-state index contributed by atoms with van der Waals surface area (Å²) in [4.78, 5) is 0. The van der Waals surface area contributed by atoms with E-state index in [2.05, 4.69) is 10.2 Å². The maximum absolute atomic E-state index is 11.8. The van der Waals surface area contributed by atoms with Gasteiger partial charge in [-0.3, -0.25) is 5.84 Å². The summed E-state index contributed by atoms with van der Waals surface area (Å²) in [7, 11) is 0. The predicted octanol–water partition coefficient (Wildman–Crippen LogP) is 1.88. The molecule has 0 unspecified atom stereocenters. The summed E-state index contributed by atoms with van der Waals surface area (Å²) in [6.07, 6.45) is 0. The molecule has 0 aliphatic rings. The van der Waals surface area contributed by atoms with Gasteiger partial charge in [-0.25, -0.2) is 0 Å². The second-order valence-corrected chi connectivity index (χ2v) is 2.50. The van der Waals surface area contributed by atoms with E-state index in [0.717, 1.165) is 5.56 Å². The second kappa shape index (κ2) is 4.04. The number of nitrogen functional groups attached to an aromatic ring is 1. The Balaban J connectivity index is 2.86. The van der Waals surface area contributed by atoms with Crippen LogP contribution in [0.1, 0.15) is 5.56 Å². The van der Waals surface area contributed by atoms with Crippen LogP contribution in [0.5, 0.6) is 5.75 Å². The minimum Gasteiger partial charge on any atom is -0.435 e. The lowest BCUT2D eigenvalue weighted by atomic mass is 10.2. The van der Waals surface area contributed by atoms with Crippen molar-refractivity contribution >= 4 is 5.69 Å². The van der Waals surface area contributed by atoms with E-state index in [9.17, 15) is 8.78 Å². The van der Waals surface area contributed by atoms with Gasteiger partial charge in [-0.2, -0.15) is 8.78 Å². The molecule has 5 heteroatoms. The Morgan fingerprint density at radius 3 is 2.69 bits per heavy atom. The van der Waals surface area contributed by atoms with Gasteiger partial charge in [-0.05, 0) is 18.6 Å². The predicted molar refractivity (Wildman–Crippen MR) is 45.6 cm³/mol. The molecule has 1 rings (SSSR count). The minimum atomic E-state index is -2.81. The van der Waals surface area contributed by atoms with Gasteiger partial charge in [0.1, 0.15) is 5.75 Å². The molecular weight excluding hydrogens is 178 g/mol. The summed E-state index contributed by atoms with van der Waals surface area (Å²) in [5.74, 6) is 5.25. The highest BCUT2D eigenvalue weighted by atomic mass is 19.3. The fourth-order valence-corrected chi connectivity index (χ4v) is 0.933. The standard InChI is InChI=1S/C8H10F2N2O/c1-5-2-3-6(13-8(9)10)4-7(5)12-11/h2-4,8,12H,11H2,1H3. The average molecular weight is 188 g/mol. The van der Waals surface area contributed by atoms with Crippen LogP contribution in [0, 0.1) is 6.92 Å². The van der Waals surface area contributed by atoms with Gasteiger partial charge >= 0.3 is 6.61 Å². The molecule has 13 heavy (non-hydrogen) atoms. The van der Waals surface area contributed by atoms with Crippen molar-refractivity contribution in [3.05, 3.63) is 23.8 Å².